The van der Waals surface area contributed by atoms with E-state index < -0.39 is 0 Å². The van der Waals surface area contributed by atoms with Gasteiger partial charge in [-0.25, -0.2) is 0 Å². The zero-order chi connectivity index (χ0) is 11.4. The Balaban J connectivity index is 2.70. The lowest BCUT2D eigenvalue weighted by atomic mass is 9.87. The van der Waals surface area contributed by atoms with Gasteiger partial charge in [-0.3, -0.25) is 0 Å². The molecule has 1 aromatic rings. The molecule has 2 heteroatoms. The fraction of sp³-hybridized carbons (Fsp3) is 0.538. The van der Waals surface area contributed by atoms with Gasteiger partial charge in [-0.1, -0.05) is 60.4 Å². The van der Waals surface area contributed by atoms with E-state index in [1.165, 1.54) is 5.56 Å². The van der Waals surface area contributed by atoms with E-state index in [-0.39, 0.29) is 0 Å². The fourth-order valence-corrected chi connectivity index (χ4v) is 2.74. The molecule has 0 N–H and O–H groups in total. The van der Waals surface area contributed by atoms with E-state index in [4.69, 9.17) is 11.6 Å². The average Bonchev–Trinajstić information content (AvgIpc) is 2.15. The van der Waals surface area contributed by atoms with Crippen LogP contribution in [0.3, 0.4) is 0 Å². The van der Waals surface area contributed by atoms with Gasteiger partial charge >= 0.3 is 0 Å². The average molecular weight is 290 g/mol. The van der Waals surface area contributed by atoms with Crippen molar-refractivity contribution in [1.82, 2.24) is 0 Å². The van der Waals surface area contributed by atoms with E-state index in [0.29, 0.717) is 16.7 Å². The van der Waals surface area contributed by atoms with Crippen molar-refractivity contribution in [2.24, 2.45) is 11.8 Å². The Bertz CT molecular complexity index is 282. The van der Waals surface area contributed by atoms with E-state index in [2.05, 4.69) is 48.8 Å². The summed E-state index contributed by atoms with van der Waals surface area (Å²) in [6.07, 6.45) is 1.11. The number of alkyl halides is 1. The summed E-state index contributed by atoms with van der Waals surface area (Å²) in [6.45, 7) is 6.78. The van der Waals surface area contributed by atoms with Crippen LogP contribution in [0.25, 0.3) is 0 Å². The lowest BCUT2D eigenvalue weighted by molar-refractivity contribution is 0.384. The second-order valence-corrected chi connectivity index (χ2v) is 6.30. The van der Waals surface area contributed by atoms with Crippen LogP contribution in [-0.4, -0.2) is 4.83 Å². The molecular formula is C13H18BrCl. The zero-order valence-electron chi connectivity index (χ0n) is 9.50. The Kier molecular flexibility index (Phi) is 5.14. The van der Waals surface area contributed by atoms with Crippen LogP contribution in [0.4, 0.5) is 0 Å². The highest BCUT2D eigenvalue weighted by molar-refractivity contribution is 9.09. The van der Waals surface area contributed by atoms with Crippen molar-refractivity contribution in [2.45, 2.75) is 32.0 Å². The normalized spacial score (nSPS) is 15.3. The molecule has 0 aromatic heterocycles. The maximum absolute atomic E-state index is 5.86. The van der Waals surface area contributed by atoms with Gasteiger partial charge in [0.05, 0.1) is 0 Å². The monoisotopic (exact) mass is 288 g/mol. The zero-order valence-corrected chi connectivity index (χ0v) is 11.8. The van der Waals surface area contributed by atoms with Gasteiger partial charge in [0.15, 0.2) is 0 Å². The highest BCUT2D eigenvalue weighted by Gasteiger charge is 2.18. The Morgan fingerprint density at radius 3 is 2.07 bits per heavy atom. The predicted molar refractivity (Wildman–Crippen MR) is 71.9 cm³/mol. The van der Waals surface area contributed by atoms with Crippen molar-refractivity contribution in [3.8, 4) is 0 Å². The van der Waals surface area contributed by atoms with Gasteiger partial charge in [0.25, 0.3) is 0 Å². The van der Waals surface area contributed by atoms with Gasteiger partial charge in [0.2, 0.25) is 0 Å². The van der Waals surface area contributed by atoms with Gasteiger partial charge in [-0.2, -0.15) is 0 Å². The Hall–Kier alpha value is -0.0100. The topological polar surface area (TPSA) is 0 Å². The molecule has 0 heterocycles. The standard InChI is InChI=1S/C13H18BrCl/c1-9(2)13(10(3)14)8-11-4-6-12(15)7-5-11/h4-7,9-10,13H,8H2,1-3H3. The first-order valence-corrected chi connectivity index (χ1v) is 6.68. The lowest BCUT2D eigenvalue weighted by Gasteiger charge is -2.23. The summed E-state index contributed by atoms with van der Waals surface area (Å²) in [4.78, 5) is 0.549. The molecule has 0 radical (unpaired) electrons. The first kappa shape index (κ1) is 13.1. The largest absolute Gasteiger partial charge is 0.0890 e. The minimum Gasteiger partial charge on any atom is -0.0890 e. The second-order valence-electron chi connectivity index (χ2n) is 4.42. The van der Waals surface area contributed by atoms with E-state index in [1.807, 2.05) is 12.1 Å². The summed E-state index contributed by atoms with van der Waals surface area (Å²) in [5.41, 5.74) is 1.37. The number of rotatable bonds is 4. The Morgan fingerprint density at radius 1 is 1.13 bits per heavy atom. The number of hydrogen-bond acceptors (Lipinski definition) is 0. The minimum absolute atomic E-state index is 0.549. The summed E-state index contributed by atoms with van der Waals surface area (Å²) in [5.74, 6) is 1.36. The van der Waals surface area contributed by atoms with Crippen LogP contribution in [0.2, 0.25) is 5.02 Å². The molecule has 1 aromatic carbocycles. The smallest absolute Gasteiger partial charge is 0.0406 e. The van der Waals surface area contributed by atoms with Crippen LogP contribution in [-0.2, 0) is 6.42 Å². The quantitative estimate of drug-likeness (QED) is 0.689. The fourth-order valence-electron chi connectivity index (χ4n) is 1.82. The Morgan fingerprint density at radius 2 is 1.67 bits per heavy atom. The van der Waals surface area contributed by atoms with Crippen LogP contribution < -0.4 is 0 Å². The maximum Gasteiger partial charge on any atom is 0.0406 e. The SMILES string of the molecule is CC(C)C(Cc1ccc(Cl)cc1)C(C)Br. The molecule has 0 fully saturated rings. The van der Waals surface area contributed by atoms with Gasteiger partial charge < -0.3 is 0 Å². The predicted octanol–water partition coefficient (Wildman–Crippen LogP) is 4.94. The van der Waals surface area contributed by atoms with Crippen LogP contribution in [0.1, 0.15) is 26.3 Å². The third kappa shape index (κ3) is 4.16. The number of halogens is 2. The molecule has 0 amide bonds. The molecule has 0 spiro atoms. The van der Waals surface area contributed by atoms with E-state index in [0.717, 1.165) is 11.4 Å². The molecule has 15 heavy (non-hydrogen) atoms. The second kappa shape index (κ2) is 5.91. The maximum atomic E-state index is 5.86. The molecule has 0 aliphatic carbocycles. The summed E-state index contributed by atoms with van der Waals surface area (Å²) in [7, 11) is 0. The highest BCUT2D eigenvalue weighted by Crippen LogP contribution is 2.25. The molecule has 0 nitrogen and oxygen atoms in total. The molecule has 1 rings (SSSR count). The third-order valence-electron chi connectivity index (χ3n) is 2.83. The number of benzene rings is 1. The molecule has 0 aliphatic heterocycles. The van der Waals surface area contributed by atoms with Crippen molar-refractivity contribution in [3.63, 3.8) is 0 Å². The van der Waals surface area contributed by atoms with Crippen molar-refractivity contribution in [2.75, 3.05) is 0 Å². The van der Waals surface area contributed by atoms with Crippen molar-refractivity contribution in [1.29, 1.82) is 0 Å². The highest BCUT2D eigenvalue weighted by atomic mass is 79.9. The molecule has 0 saturated heterocycles. The summed E-state index contributed by atoms with van der Waals surface area (Å²) >= 11 is 9.55. The molecule has 2 atom stereocenters. The van der Waals surface area contributed by atoms with Crippen LogP contribution in [0, 0.1) is 11.8 Å². The van der Waals surface area contributed by atoms with E-state index >= 15 is 0 Å². The summed E-state index contributed by atoms with van der Waals surface area (Å²) in [6, 6.07) is 8.17. The third-order valence-corrected chi connectivity index (χ3v) is 3.76. The van der Waals surface area contributed by atoms with E-state index in [9.17, 15) is 0 Å². The molecule has 0 bridgehead atoms. The van der Waals surface area contributed by atoms with Gasteiger partial charge in [-0.15, -0.1) is 0 Å². The first-order chi connectivity index (χ1) is 7.00. The molecule has 2 unspecified atom stereocenters. The minimum atomic E-state index is 0.549. The van der Waals surface area contributed by atoms with E-state index in [1.54, 1.807) is 0 Å². The molecule has 0 aliphatic rings. The van der Waals surface area contributed by atoms with Crippen LogP contribution in [0.5, 0.6) is 0 Å². The van der Waals surface area contributed by atoms with Crippen molar-refractivity contribution < 1.29 is 0 Å². The summed E-state index contributed by atoms with van der Waals surface area (Å²) in [5, 5.41) is 0.812. The lowest BCUT2D eigenvalue weighted by Crippen LogP contribution is -2.20. The Labute approximate surface area is 106 Å². The van der Waals surface area contributed by atoms with Crippen LogP contribution in [0.15, 0.2) is 24.3 Å². The molecule has 0 saturated carbocycles. The van der Waals surface area contributed by atoms with Crippen molar-refractivity contribution in [3.05, 3.63) is 34.9 Å². The van der Waals surface area contributed by atoms with Gasteiger partial charge in [-0.05, 0) is 36.0 Å². The number of hydrogen-bond donors (Lipinski definition) is 0. The van der Waals surface area contributed by atoms with Crippen molar-refractivity contribution >= 4 is 27.5 Å². The van der Waals surface area contributed by atoms with Gasteiger partial charge in [0, 0.05) is 9.85 Å². The van der Waals surface area contributed by atoms with Crippen LogP contribution >= 0.6 is 27.5 Å². The van der Waals surface area contributed by atoms with Gasteiger partial charge in [0.1, 0.15) is 0 Å². The molecule has 84 valence electrons. The summed E-state index contributed by atoms with van der Waals surface area (Å²) < 4.78 is 0. The first-order valence-electron chi connectivity index (χ1n) is 5.39. The molecular weight excluding hydrogens is 271 g/mol.